The highest BCUT2D eigenvalue weighted by molar-refractivity contribution is 5.74. The van der Waals surface area contributed by atoms with Gasteiger partial charge in [0.1, 0.15) is 11.6 Å². The fraction of sp³-hybridized carbons (Fsp3) is 0.207. The van der Waals surface area contributed by atoms with Crippen molar-refractivity contribution in [3.8, 4) is 28.1 Å². The minimum Gasteiger partial charge on any atom is -0.508 e. The molecule has 2 heterocycles. The van der Waals surface area contributed by atoms with Crippen molar-refractivity contribution in [2.45, 2.75) is 25.7 Å². The van der Waals surface area contributed by atoms with Crippen molar-refractivity contribution in [3.05, 3.63) is 102 Å². The van der Waals surface area contributed by atoms with Crippen LogP contribution in [0.1, 0.15) is 29.9 Å². The Morgan fingerprint density at radius 1 is 0.750 bits per heavy atom. The van der Waals surface area contributed by atoms with Crippen LogP contribution in [-0.2, 0) is 0 Å². The Bertz CT molecular complexity index is 1200. The number of pyridine rings is 1. The molecule has 1 aliphatic rings. The van der Waals surface area contributed by atoms with Gasteiger partial charge in [-0.25, -0.2) is 4.98 Å². The maximum atomic E-state index is 9.97. The van der Waals surface area contributed by atoms with E-state index in [2.05, 4.69) is 71.6 Å². The third-order valence-electron chi connectivity index (χ3n) is 6.50. The van der Waals surface area contributed by atoms with Crippen LogP contribution in [0.3, 0.4) is 0 Å². The lowest BCUT2D eigenvalue weighted by molar-refractivity contribution is 0.471. The number of phenolic OH excluding ortho intramolecular Hbond substituents is 1. The highest BCUT2D eigenvalue weighted by Crippen LogP contribution is 2.34. The summed E-state index contributed by atoms with van der Waals surface area (Å²) in [5, 5.41) is 9.97. The highest BCUT2D eigenvalue weighted by Gasteiger charge is 2.22. The lowest BCUT2D eigenvalue weighted by Gasteiger charge is -2.33. The van der Waals surface area contributed by atoms with Gasteiger partial charge in [-0.3, -0.25) is 0 Å². The van der Waals surface area contributed by atoms with Crippen LogP contribution in [0.5, 0.6) is 5.75 Å². The average Bonchev–Trinajstić information content (AvgIpc) is 2.86. The van der Waals surface area contributed by atoms with E-state index in [0.717, 1.165) is 48.6 Å². The fourth-order valence-corrected chi connectivity index (χ4v) is 4.61. The second kappa shape index (κ2) is 8.88. The SMILES string of the molecule is Cc1cc(-c2cc(-c3ccccc3)cc(N3CCC(c4ccccc4)CC3)n2)ccc1O. The number of piperidine rings is 1. The van der Waals surface area contributed by atoms with E-state index < -0.39 is 0 Å². The molecule has 1 fully saturated rings. The van der Waals surface area contributed by atoms with E-state index in [9.17, 15) is 5.11 Å². The molecule has 0 aliphatic carbocycles. The molecule has 4 aromatic rings. The monoisotopic (exact) mass is 420 g/mol. The number of benzene rings is 3. The molecule has 3 heteroatoms. The van der Waals surface area contributed by atoms with Gasteiger partial charge in [0.25, 0.3) is 0 Å². The first-order valence-electron chi connectivity index (χ1n) is 11.3. The van der Waals surface area contributed by atoms with Gasteiger partial charge in [-0.05, 0) is 78.3 Å². The Kier molecular flexibility index (Phi) is 5.64. The topological polar surface area (TPSA) is 36.4 Å². The Morgan fingerprint density at radius 3 is 2.12 bits per heavy atom. The van der Waals surface area contributed by atoms with E-state index in [1.807, 2.05) is 25.1 Å². The summed E-state index contributed by atoms with van der Waals surface area (Å²) in [6, 6.07) is 31.4. The standard InChI is InChI=1S/C29H28N2O/c1-21-18-25(12-13-28(21)32)27-19-26(23-10-6-3-7-11-23)20-29(30-27)31-16-14-24(15-17-31)22-8-4-2-5-9-22/h2-13,18-20,24,32H,14-17H2,1H3. The van der Waals surface area contributed by atoms with Crippen LogP contribution >= 0.6 is 0 Å². The maximum Gasteiger partial charge on any atom is 0.129 e. The predicted molar refractivity (Wildman–Crippen MR) is 132 cm³/mol. The molecule has 0 atom stereocenters. The van der Waals surface area contributed by atoms with Crippen LogP contribution < -0.4 is 4.90 Å². The zero-order chi connectivity index (χ0) is 21.9. The molecule has 0 spiro atoms. The van der Waals surface area contributed by atoms with Gasteiger partial charge in [0.15, 0.2) is 0 Å². The smallest absolute Gasteiger partial charge is 0.129 e. The minimum atomic E-state index is 0.316. The average molecular weight is 421 g/mol. The third-order valence-corrected chi connectivity index (χ3v) is 6.50. The summed E-state index contributed by atoms with van der Waals surface area (Å²) in [4.78, 5) is 7.48. The van der Waals surface area contributed by atoms with Crippen molar-refractivity contribution in [3.63, 3.8) is 0 Å². The second-order valence-electron chi connectivity index (χ2n) is 8.64. The van der Waals surface area contributed by atoms with E-state index in [1.54, 1.807) is 6.07 Å². The normalized spacial score (nSPS) is 14.5. The summed E-state index contributed by atoms with van der Waals surface area (Å²) < 4.78 is 0. The zero-order valence-electron chi connectivity index (χ0n) is 18.4. The number of anilines is 1. The number of nitrogens with zero attached hydrogens (tertiary/aromatic N) is 2. The quantitative estimate of drug-likeness (QED) is 0.394. The summed E-state index contributed by atoms with van der Waals surface area (Å²) in [6.45, 7) is 3.92. The van der Waals surface area contributed by atoms with Crippen molar-refractivity contribution >= 4 is 5.82 Å². The summed E-state index contributed by atoms with van der Waals surface area (Å²) >= 11 is 0. The van der Waals surface area contributed by atoms with Crippen molar-refractivity contribution in [1.82, 2.24) is 4.98 Å². The summed E-state index contributed by atoms with van der Waals surface area (Å²) in [5.74, 6) is 1.96. The number of rotatable bonds is 4. The van der Waals surface area contributed by atoms with Gasteiger partial charge in [-0.15, -0.1) is 0 Å². The van der Waals surface area contributed by atoms with Crippen LogP contribution in [0.15, 0.2) is 91.0 Å². The maximum absolute atomic E-state index is 9.97. The molecule has 1 saturated heterocycles. The lowest BCUT2D eigenvalue weighted by Crippen LogP contribution is -2.33. The zero-order valence-corrected chi connectivity index (χ0v) is 18.4. The van der Waals surface area contributed by atoms with Crippen LogP contribution in [-0.4, -0.2) is 23.2 Å². The fourth-order valence-electron chi connectivity index (χ4n) is 4.61. The minimum absolute atomic E-state index is 0.316. The van der Waals surface area contributed by atoms with Gasteiger partial charge in [0, 0.05) is 18.7 Å². The molecule has 0 radical (unpaired) electrons. The van der Waals surface area contributed by atoms with E-state index in [1.165, 1.54) is 16.7 Å². The summed E-state index contributed by atoms with van der Waals surface area (Å²) in [6.07, 6.45) is 2.27. The number of hydrogen-bond acceptors (Lipinski definition) is 3. The molecule has 0 saturated carbocycles. The number of aromatic hydroxyl groups is 1. The van der Waals surface area contributed by atoms with Crippen LogP contribution in [0, 0.1) is 6.92 Å². The molecule has 5 rings (SSSR count). The lowest BCUT2D eigenvalue weighted by atomic mass is 9.89. The van der Waals surface area contributed by atoms with Crippen molar-refractivity contribution in [1.29, 1.82) is 0 Å². The molecule has 1 aliphatic heterocycles. The third kappa shape index (κ3) is 4.24. The highest BCUT2D eigenvalue weighted by atomic mass is 16.3. The van der Waals surface area contributed by atoms with E-state index >= 15 is 0 Å². The van der Waals surface area contributed by atoms with E-state index in [0.29, 0.717) is 11.7 Å². The van der Waals surface area contributed by atoms with E-state index in [-0.39, 0.29) is 0 Å². The molecule has 0 amide bonds. The van der Waals surface area contributed by atoms with Crippen molar-refractivity contribution in [2.75, 3.05) is 18.0 Å². The molecule has 32 heavy (non-hydrogen) atoms. The summed E-state index contributed by atoms with van der Waals surface area (Å²) in [7, 11) is 0. The van der Waals surface area contributed by atoms with Gasteiger partial charge >= 0.3 is 0 Å². The first-order chi connectivity index (χ1) is 15.7. The molecule has 3 aromatic carbocycles. The van der Waals surface area contributed by atoms with Gasteiger partial charge in [0.05, 0.1) is 5.69 Å². The number of phenols is 1. The Hall–Kier alpha value is -3.59. The van der Waals surface area contributed by atoms with Gasteiger partial charge in [-0.1, -0.05) is 60.7 Å². The molecule has 1 aromatic heterocycles. The van der Waals surface area contributed by atoms with Crippen molar-refractivity contribution < 1.29 is 5.11 Å². The molecule has 0 unspecified atom stereocenters. The summed E-state index contributed by atoms with van der Waals surface area (Å²) in [5.41, 5.74) is 6.62. The largest absolute Gasteiger partial charge is 0.508 e. The van der Waals surface area contributed by atoms with Crippen LogP contribution in [0.2, 0.25) is 0 Å². The Morgan fingerprint density at radius 2 is 1.44 bits per heavy atom. The molecule has 0 bridgehead atoms. The Labute approximate surface area is 190 Å². The Balaban J connectivity index is 1.48. The van der Waals surface area contributed by atoms with Crippen LogP contribution in [0.4, 0.5) is 5.82 Å². The predicted octanol–water partition coefficient (Wildman–Crippen LogP) is 6.81. The molecule has 3 nitrogen and oxygen atoms in total. The van der Waals surface area contributed by atoms with Gasteiger partial charge in [-0.2, -0.15) is 0 Å². The molecule has 1 N–H and O–H groups in total. The number of aromatic nitrogens is 1. The van der Waals surface area contributed by atoms with Crippen LogP contribution in [0.25, 0.3) is 22.4 Å². The van der Waals surface area contributed by atoms with E-state index in [4.69, 9.17) is 4.98 Å². The van der Waals surface area contributed by atoms with Gasteiger partial charge in [0.2, 0.25) is 0 Å². The van der Waals surface area contributed by atoms with Gasteiger partial charge < -0.3 is 10.0 Å². The van der Waals surface area contributed by atoms with Crippen molar-refractivity contribution in [2.24, 2.45) is 0 Å². The number of aryl methyl sites for hydroxylation is 1. The second-order valence-corrected chi connectivity index (χ2v) is 8.64. The first-order valence-corrected chi connectivity index (χ1v) is 11.3. The first kappa shape index (κ1) is 20.3. The molecular formula is C29H28N2O. The molecule has 160 valence electrons. The number of hydrogen-bond donors (Lipinski definition) is 1. The molecular weight excluding hydrogens is 392 g/mol.